The first-order valence-electron chi connectivity index (χ1n) is 11.0. The van der Waals surface area contributed by atoms with Crippen molar-refractivity contribution < 1.29 is 14.3 Å². The minimum atomic E-state index is -0.0587. The molecule has 29 heavy (non-hydrogen) atoms. The summed E-state index contributed by atoms with van der Waals surface area (Å²) in [6, 6.07) is 7.88. The lowest BCUT2D eigenvalue weighted by Crippen LogP contribution is -2.51. The van der Waals surface area contributed by atoms with Crippen LogP contribution in [0.5, 0.6) is 5.75 Å². The number of carbonyl (C=O) groups is 2. The van der Waals surface area contributed by atoms with Crippen molar-refractivity contribution in [3.63, 3.8) is 0 Å². The Morgan fingerprint density at radius 1 is 1.24 bits per heavy atom. The lowest BCUT2D eigenvalue weighted by Gasteiger charge is -2.47. The van der Waals surface area contributed by atoms with Crippen molar-refractivity contribution in [2.24, 2.45) is 11.3 Å². The average molecular weight is 397 g/mol. The summed E-state index contributed by atoms with van der Waals surface area (Å²) >= 11 is 0. The molecule has 0 aromatic heterocycles. The van der Waals surface area contributed by atoms with E-state index in [0.717, 1.165) is 50.0 Å². The minimum absolute atomic E-state index is 0.0587. The van der Waals surface area contributed by atoms with E-state index in [1.807, 2.05) is 24.3 Å². The third kappa shape index (κ3) is 4.65. The van der Waals surface area contributed by atoms with Gasteiger partial charge in [-0.05, 0) is 68.6 Å². The second kappa shape index (κ2) is 8.60. The first-order chi connectivity index (χ1) is 14.1. The van der Waals surface area contributed by atoms with Crippen LogP contribution in [0.4, 0.5) is 0 Å². The highest BCUT2D eigenvalue weighted by atomic mass is 16.5. The molecule has 2 aliphatic carbocycles. The molecule has 0 radical (unpaired) electrons. The summed E-state index contributed by atoms with van der Waals surface area (Å²) in [6.45, 7) is 1.52. The molecule has 2 fully saturated rings. The summed E-state index contributed by atoms with van der Waals surface area (Å²) in [5, 5.41) is 3.20. The maximum Gasteiger partial charge on any atom is 0.226 e. The van der Waals surface area contributed by atoms with E-state index in [0.29, 0.717) is 25.3 Å². The lowest BCUT2D eigenvalue weighted by atomic mass is 9.69. The van der Waals surface area contributed by atoms with Crippen molar-refractivity contribution in [2.45, 2.75) is 57.8 Å². The zero-order chi connectivity index (χ0) is 20.3. The molecule has 1 N–H and O–H groups in total. The van der Waals surface area contributed by atoms with Gasteiger partial charge in [-0.15, -0.1) is 0 Å². The van der Waals surface area contributed by atoms with Crippen molar-refractivity contribution in [3.8, 4) is 5.75 Å². The molecule has 1 atom stereocenters. The van der Waals surface area contributed by atoms with Crippen LogP contribution in [-0.2, 0) is 16.0 Å². The third-order valence-corrected chi connectivity index (χ3v) is 6.71. The normalized spacial score (nSPS) is 24.0. The highest BCUT2D eigenvalue weighted by Gasteiger charge is 2.45. The quantitative estimate of drug-likeness (QED) is 0.726. The van der Waals surface area contributed by atoms with E-state index < -0.39 is 0 Å². The van der Waals surface area contributed by atoms with E-state index in [2.05, 4.69) is 16.3 Å². The van der Waals surface area contributed by atoms with Crippen LogP contribution in [0.1, 0.15) is 56.9 Å². The number of aryl methyl sites for hydroxylation is 1. The van der Waals surface area contributed by atoms with Crippen LogP contribution >= 0.6 is 0 Å². The number of amides is 2. The molecule has 3 aliphatic rings. The maximum atomic E-state index is 12.6. The van der Waals surface area contributed by atoms with Crippen molar-refractivity contribution >= 4 is 11.8 Å². The summed E-state index contributed by atoms with van der Waals surface area (Å²) in [5.74, 6) is 1.87. The number of nitrogens with one attached hydrogen (secondary N) is 1. The van der Waals surface area contributed by atoms with Crippen LogP contribution in [0.2, 0.25) is 0 Å². The number of piperidine rings is 1. The van der Waals surface area contributed by atoms with Crippen molar-refractivity contribution in [1.82, 2.24) is 10.2 Å². The first-order valence-corrected chi connectivity index (χ1v) is 11.0. The maximum absolute atomic E-state index is 12.6. The van der Waals surface area contributed by atoms with E-state index >= 15 is 0 Å². The number of nitrogens with zero attached hydrogens (tertiary/aromatic N) is 1. The fourth-order valence-corrected chi connectivity index (χ4v) is 4.72. The molecule has 156 valence electrons. The summed E-state index contributed by atoms with van der Waals surface area (Å²) in [7, 11) is 1.65. The number of methoxy groups -OCH3 is 1. The van der Waals surface area contributed by atoms with Gasteiger partial charge in [0.05, 0.1) is 7.11 Å². The molecule has 1 saturated carbocycles. The van der Waals surface area contributed by atoms with Gasteiger partial charge in [-0.1, -0.05) is 18.2 Å². The molecule has 2 amide bonds. The Morgan fingerprint density at radius 3 is 2.76 bits per heavy atom. The van der Waals surface area contributed by atoms with Crippen LogP contribution < -0.4 is 10.1 Å². The Bertz CT molecular complexity index is 782. The van der Waals surface area contributed by atoms with Gasteiger partial charge >= 0.3 is 0 Å². The molecule has 1 aliphatic heterocycles. The van der Waals surface area contributed by atoms with Crippen LogP contribution in [0.15, 0.2) is 36.0 Å². The van der Waals surface area contributed by atoms with Gasteiger partial charge in [0.25, 0.3) is 0 Å². The average Bonchev–Trinajstić information content (AvgIpc) is 3.58. The number of hydrogen-bond donors (Lipinski definition) is 1. The standard InChI is InChI=1S/C24H32N2O3/c1-29-20-10-7-18(8-11-20)9-12-22(27)25-17-24-14-3-2-4-21(24)26(16-19-5-6-19)23(28)13-15-24/h4,7-8,10-11,19H,2-3,5-6,9,12-17H2,1H3,(H,25,27). The zero-order valence-electron chi connectivity index (χ0n) is 17.4. The Morgan fingerprint density at radius 2 is 2.03 bits per heavy atom. The topological polar surface area (TPSA) is 58.6 Å². The van der Waals surface area contributed by atoms with Crippen LogP contribution in [-0.4, -0.2) is 36.9 Å². The molecule has 1 aromatic rings. The van der Waals surface area contributed by atoms with E-state index in [4.69, 9.17) is 4.74 Å². The SMILES string of the molecule is COc1ccc(CCC(=O)NCC23CCCC=C2N(CC2CC2)C(=O)CC3)cc1. The molecule has 1 aromatic carbocycles. The van der Waals surface area contributed by atoms with E-state index in [-0.39, 0.29) is 17.2 Å². The highest BCUT2D eigenvalue weighted by molar-refractivity contribution is 5.80. The smallest absolute Gasteiger partial charge is 0.226 e. The summed E-state index contributed by atoms with van der Waals surface area (Å²) < 4.78 is 5.18. The molecule has 5 nitrogen and oxygen atoms in total. The van der Waals surface area contributed by atoms with E-state index in [1.54, 1.807) is 7.11 Å². The third-order valence-electron chi connectivity index (χ3n) is 6.71. The molecule has 1 heterocycles. The van der Waals surface area contributed by atoms with Gasteiger partial charge in [-0.25, -0.2) is 0 Å². The summed E-state index contributed by atoms with van der Waals surface area (Å²) in [4.78, 5) is 27.2. The Kier molecular flexibility index (Phi) is 5.93. The van der Waals surface area contributed by atoms with Crippen molar-refractivity contribution in [3.05, 3.63) is 41.6 Å². The Labute approximate surface area is 173 Å². The monoisotopic (exact) mass is 396 g/mol. The molecular weight excluding hydrogens is 364 g/mol. The largest absolute Gasteiger partial charge is 0.497 e. The summed E-state index contributed by atoms with van der Waals surface area (Å²) in [6.07, 6.45) is 10.7. The molecule has 4 rings (SSSR count). The molecule has 0 bridgehead atoms. The predicted molar refractivity (Wildman–Crippen MR) is 112 cm³/mol. The number of rotatable bonds is 8. The van der Waals surface area contributed by atoms with Gasteiger partial charge < -0.3 is 15.0 Å². The van der Waals surface area contributed by atoms with Crippen LogP contribution in [0.3, 0.4) is 0 Å². The number of ether oxygens (including phenoxy) is 1. The molecule has 0 spiro atoms. The molecular formula is C24H32N2O3. The molecule has 5 heteroatoms. The molecule has 1 unspecified atom stereocenters. The van der Waals surface area contributed by atoms with Crippen LogP contribution in [0, 0.1) is 11.3 Å². The number of carbonyl (C=O) groups excluding carboxylic acids is 2. The van der Waals surface area contributed by atoms with Crippen molar-refractivity contribution in [1.29, 1.82) is 0 Å². The second-order valence-electron chi connectivity index (χ2n) is 8.83. The predicted octanol–water partition coefficient (Wildman–Crippen LogP) is 3.83. The lowest BCUT2D eigenvalue weighted by molar-refractivity contribution is -0.134. The number of hydrogen-bond acceptors (Lipinski definition) is 3. The van der Waals surface area contributed by atoms with Crippen LogP contribution in [0.25, 0.3) is 0 Å². The van der Waals surface area contributed by atoms with Gasteiger partial charge in [-0.2, -0.15) is 0 Å². The van der Waals surface area contributed by atoms with Crippen molar-refractivity contribution in [2.75, 3.05) is 20.2 Å². The second-order valence-corrected chi connectivity index (χ2v) is 8.83. The van der Waals surface area contributed by atoms with Gasteiger partial charge in [0.1, 0.15) is 5.75 Å². The zero-order valence-corrected chi connectivity index (χ0v) is 17.4. The van der Waals surface area contributed by atoms with Gasteiger partial charge in [0.2, 0.25) is 11.8 Å². The first kappa shape index (κ1) is 20.0. The summed E-state index contributed by atoms with van der Waals surface area (Å²) in [5.41, 5.74) is 2.27. The van der Waals surface area contributed by atoms with Gasteiger partial charge in [-0.3, -0.25) is 9.59 Å². The van der Waals surface area contributed by atoms with Gasteiger partial charge in [0, 0.05) is 37.0 Å². The van der Waals surface area contributed by atoms with E-state index in [9.17, 15) is 9.59 Å². The van der Waals surface area contributed by atoms with Gasteiger partial charge in [0.15, 0.2) is 0 Å². The minimum Gasteiger partial charge on any atom is -0.497 e. The number of likely N-dealkylation sites (tertiary alicyclic amines) is 1. The Hall–Kier alpha value is -2.30. The number of allylic oxidation sites excluding steroid dienone is 1. The number of benzene rings is 1. The molecule has 1 saturated heterocycles. The highest BCUT2D eigenvalue weighted by Crippen LogP contribution is 2.47. The Balaban J connectivity index is 1.35. The fraction of sp³-hybridized carbons (Fsp3) is 0.583. The fourth-order valence-electron chi connectivity index (χ4n) is 4.72. The number of fused-ring (bicyclic) bond motifs is 1. The van der Waals surface area contributed by atoms with E-state index in [1.165, 1.54) is 18.5 Å².